The van der Waals surface area contributed by atoms with Crippen LogP contribution in [0.3, 0.4) is 0 Å². The molecule has 0 fully saturated rings. The Hall–Kier alpha value is -2.69. The number of aromatic carboxylic acids is 1. The topological polar surface area (TPSA) is 70.4 Å². The summed E-state index contributed by atoms with van der Waals surface area (Å²) in [7, 11) is 0. The number of rotatable bonds is 4. The molecule has 0 amide bonds. The van der Waals surface area contributed by atoms with Crippen molar-refractivity contribution in [2.75, 3.05) is 0 Å². The largest absolute Gasteiger partial charge is 0.478 e. The number of nitrogens with zero attached hydrogens (tertiary/aromatic N) is 1. The lowest BCUT2D eigenvalue weighted by Gasteiger charge is -2.08. The Morgan fingerprint density at radius 1 is 0.958 bits per heavy atom. The number of hydrogen-bond donors (Lipinski definition) is 2. The summed E-state index contributed by atoms with van der Waals surface area (Å²) in [5, 5.41) is 18.8. The fraction of sp³-hybridized carbons (Fsp3) is 0.0526. The van der Waals surface area contributed by atoms with E-state index in [0.717, 1.165) is 22.3 Å². The lowest BCUT2D eigenvalue weighted by Crippen LogP contribution is -1.96. The highest BCUT2D eigenvalue weighted by Gasteiger charge is 2.09. The van der Waals surface area contributed by atoms with E-state index in [2.05, 4.69) is 4.98 Å². The van der Waals surface area contributed by atoms with Gasteiger partial charge < -0.3 is 10.2 Å². The Kier molecular flexibility index (Phi) is 4.60. The highest BCUT2D eigenvalue weighted by molar-refractivity contribution is 6.33. The van der Waals surface area contributed by atoms with Crippen LogP contribution >= 0.6 is 11.6 Å². The fourth-order valence-electron chi connectivity index (χ4n) is 2.45. The number of halogens is 1. The molecule has 2 N–H and O–H groups in total. The molecule has 0 aliphatic rings. The molecule has 2 aromatic carbocycles. The third-order valence-electron chi connectivity index (χ3n) is 3.72. The molecule has 3 aromatic rings. The number of carboxylic acids is 1. The van der Waals surface area contributed by atoms with Crippen LogP contribution < -0.4 is 0 Å². The average Bonchev–Trinajstić information content (AvgIpc) is 2.62. The SMILES string of the molecule is O=C(O)c1ccc(Cl)c(-c2ccc(-c3cncc(CO)c3)cc2)c1. The minimum Gasteiger partial charge on any atom is -0.478 e. The van der Waals surface area contributed by atoms with E-state index in [-0.39, 0.29) is 12.2 Å². The first-order valence-electron chi connectivity index (χ1n) is 7.27. The summed E-state index contributed by atoms with van der Waals surface area (Å²) < 4.78 is 0. The molecule has 0 aliphatic heterocycles. The Bertz CT molecular complexity index is 891. The van der Waals surface area contributed by atoms with Crippen LogP contribution in [0, 0.1) is 0 Å². The highest BCUT2D eigenvalue weighted by atomic mass is 35.5. The van der Waals surface area contributed by atoms with Crippen molar-refractivity contribution >= 4 is 17.6 Å². The van der Waals surface area contributed by atoms with Gasteiger partial charge in [0.15, 0.2) is 0 Å². The summed E-state index contributed by atoms with van der Waals surface area (Å²) in [6.45, 7) is -0.0590. The third-order valence-corrected chi connectivity index (χ3v) is 4.05. The monoisotopic (exact) mass is 339 g/mol. The van der Waals surface area contributed by atoms with Crippen molar-refractivity contribution in [3.63, 3.8) is 0 Å². The van der Waals surface area contributed by atoms with E-state index in [1.165, 1.54) is 6.07 Å². The quantitative estimate of drug-likeness (QED) is 0.745. The summed E-state index contributed by atoms with van der Waals surface area (Å²) in [4.78, 5) is 15.2. The number of pyridine rings is 1. The van der Waals surface area contributed by atoms with Gasteiger partial charge in [-0.05, 0) is 41.0 Å². The van der Waals surface area contributed by atoms with E-state index < -0.39 is 5.97 Å². The molecule has 0 aliphatic carbocycles. The van der Waals surface area contributed by atoms with Crippen molar-refractivity contribution in [1.29, 1.82) is 0 Å². The standard InChI is InChI=1S/C19H14ClNO3/c20-18-6-5-15(19(23)24)8-17(18)14-3-1-13(2-4-14)16-7-12(11-22)9-21-10-16/h1-10,22H,11H2,(H,23,24). The summed E-state index contributed by atoms with van der Waals surface area (Å²) in [6, 6.07) is 14.1. The second kappa shape index (κ2) is 6.83. The van der Waals surface area contributed by atoms with Gasteiger partial charge in [-0.3, -0.25) is 4.98 Å². The van der Waals surface area contributed by atoms with Gasteiger partial charge in [0, 0.05) is 28.5 Å². The maximum absolute atomic E-state index is 11.1. The molecular weight excluding hydrogens is 326 g/mol. The molecular formula is C19H14ClNO3. The zero-order valence-electron chi connectivity index (χ0n) is 12.6. The third kappa shape index (κ3) is 3.30. The van der Waals surface area contributed by atoms with Crippen LogP contribution in [0.2, 0.25) is 5.02 Å². The van der Waals surface area contributed by atoms with Crippen molar-refractivity contribution in [3.8, 4) is 22.3 Å². The van der Waals surface area contributed by atoms with Gasteiger partial charge in [0.05, 0.1) is 12.2 Å². The number of aliphatic hydroxyl groups is 1. The molecule has 0 saturated carbocycles. The minimum absolute atomic E-state index is 0.0590. The molecule has 0 saturated heterocycles. The molecule has 1 heterocycles. The van der Waals surface area contributed by atoms with Crippen molar-refractivity contribution in [2.24, 2.45) is 0 Å². The first-order valence-corrected chi connectivity index (χ1v) is 7.64. The molecule has 120 valence electrons. The van der Waals surface area contributed by atoms with Crippen LogP contribution in [0.1, 0.15) is 15.9 Å². The van der Waals surface area contributed by atoms with E-state index in [4.69, 9.17) is 16.7 Å². The normalized spacial score (nSPS) is 10.6. The number of carboxylic acid groups (broad SMARTS) is 1. The molecule has 1 aromatic heterocycles. The second-order valence-corrected chi connectivity index (χ2v) is 5.72. The molecule has 0 unspecified atom stereocenters. The van der Waals surface area contributed by atoms with Crippen LogP contribution in [0.4, 0.5) is 0 Å². The van der Waals surface area contributed by atoms with Gasteiger partial charge in [-0.1, -0.05) is 35.9 Å². The van der Waals surface area contributed by atoms with Crippen molar-refractivity contribution < 1.29 is 15.0 Å². The Balaban J connectivity index is 1.98. The van der Waals surface area contributed by atoms with E-state index in [1.807, 2.05) is 30.3 Å². The molecule has 24 heavy (non-hydrogen) atoms. The van der Waals surface area contributed by atoms with Crippen LogP contribution in [0.25, 0.3) is 22.3 Å². The van der Waals surface area contributed by atoms with Crippen molar-refractivity contribution in [2.45, 2.75) is 6.61 Å². The molecule has 3 rings (SSSR count). The summed E-state index contributed by atoms with van der Waals surface area (Å²) in [5.74, 6) is -0.989. The van der Waals surface area contributed by atoms with Gasteiger partial charge in [-0.2, -0.15) is 0 Å². The lowest BCUT2D eigenvalue weighted by molar-refractivity contribution is 0.0697. The van der Waals surface area contributed by atoms with Crippen LogP contribution in [-0.4, -0.2) is 21.2 Å². The molecule has 4 nitrogen and oxygen atoms in total. The smallest absolute Gasteiger partial charge is 0.335 e. The number of aliphatic hydroxyl groups excluding tert-OH is 1. The fourth-order valence-corrected chi connectivity index (χ4v) is 2.68. The zero-order valence-corrected chi connectivity index (χ0v) is 13.4. The van der Waals surface area contributed by atoms with Crippen LogP contribution in [0.15, 0.2) is 60.9 Å². The van der Waals surface area contributed by atoms with Gasteiger partial charge in [-0.15, -0.1) is 0 Å². The van der Waals surface area contributed by atoms with E-state index in [9.17, 15) is 9.90 Å². The summed E-state index contributed by atoms with van der Waals surface area (Å²) >= 11 is 6.20. The molecule has 0 atom stereocenters. The number of aromatic nitrogens is 1. The Morgan fingerprint density at radius 2 is 1.67 bits per heavy atom. The molecule has 0 spiro atoms. The van der Waals surface area contributed by atoms with Gasteiger partial charge >= 0.3 is 5.97 Å². The van der Waals surface area contributed by atoms with Crippen LogP contribution in [-0.2, 0) is 6.61 Å². The first kappa shape index (κ1) is 16.2. The van der Waals surface area contributed by atoms with Crippen molar-refractivity contribution in [1.82, 2.24) is 4.98 Å². The maximum atomic E-state index is 11.1. The van der Waals surface area contributed by atoms with E-state index in [1.54, 1.807) is 24.5 Å². The molecule has 0 radical (unpaired) electrons. The lowest BCUT2D eigenvalue weighted by atomic mass is 9.99. The van der Waals surface area contributed by atoms with E-state index in [0.29, 0.717) is 10.6 Å². The highest BCUT2D eigenvalue weighted by Crippen LogP contribution is 2.31. The Morgan fingerprint density at radius 3 is 2.33 bits per heavy atom. The predicted molar refractivity (Wildman–Crippen MR) is 93.0 cm³/mol. The molecule has 0 bridgehead atoms. The van der Waals surface area contributed by atoms with Crippen LogP contribution in [0.5, 0.6) is 0 Å². The van der Waals surface area contributed by atoms with Gasteiger partial charge in [0.25, 0.3) is 0 Å². The van der Waals surface area contributed by atoms with Gasteiger partial charge in [0.2, 0.25) is 0 Å². The number of carbonyl (C=O) groups is 1. The average molecular weight is 340 g/mol. The van der Waals surface area contributed by atoms with Gasteiger partial charge in [-0.25, -0.2) is 4.79 Å². The second-order valence-electron chi connectivity index (χ2n) is 5.32. The Labute approximate surface area is 144 Å². The maximum Gasteiger partial charge on any atom is 0.335 e. The zero-order chi connectivity index (χ0) is 17.1. The van der Waals surface area contributed by atoms with Gasteiger partial charge in [0.1, 0.15) is 0 Å². The van der Waals surface area contributed by atoms with Crippen molar-refractivity contribution in [3.05, 3.63) is 77.1 Å². The minimum atomic E-state index is -0.989. The molecule has 5 heteroatoms. The first-order chi connectivity index (χ1) is 11.6. The number of hydrogen-bond acceptors (Lipinski definition) is 3. The summed E-state index contributed by atoms with van der Waals surface area (Å²) in [5.41, 5.74) is 4.29. The predicted octanol–water partition coefficient (Wildman–Crippen LogP) is 4.26. The number of benzene rings is 2. The summed E-state index contributed by atoms with van der Waals surface area (Å²) in [6.07, 6.45) is 3.35. The van der Waals surface area contributed by atoms with E-state index >= 15 is 0 Å².